The Kier molecular flexibility index (Phi) is 6.86. The van der Waals surface area contributed by atoms with Gasteiger partial charge in [0.05, 0.1) is 12.0 Å². The number of benzene rings is 2. The summed E-state index contributed by atoms with van der Waals surface area (Å²) in [6.07, 6.45) is 3.34. The van der Waals surface area contributed by atoms with Gasteiger partial charge in [-0.2, -0.15) is 4.31 Å². The van der Waals surface area contributed by atoms with Gasteiger partial charge in [-0.3, -0.25) is 4.79 Å². The molecule has 2 aliphatic rings. The summed E-state index contributed by atoms with van der Waals surface area (Å²) in [4.78, 5) is 12.8. The van der Waals surface area contributed by atoms with Gasteiger partial charge in [0.1, 0.15) is 19.0 Å². The monoisotopic (exact) mass is 460 g/mol. The number of nitrogens with one attached hydrogen (secondary N) is 1. The summed E-state index contributed by atoms with van der Waals surface area (Å²) in [5.74, 6) is 1.64. The molecule has 172 valence electrons. The SMILES string of the molecule is COc1ccc(S(=O)(=O)N2CCCCC2)cc1CCC(=O)Nc1ccc2c(c1)OCCO2. The molecule has 1 N–H and O–H groups in total. The Hall–Kier alpha value is -2.78. The number of amides is 1. The van der Waals surface area contributed by atoms with Crippen molar-refractivity contribution < 1.29 is 27.4 Å². The highest BCUT2D eigenvalue weighted by atomic mass is 32.2. The second-order valence-electron chi connectivity index (χ2n) is 7.85. The topological polar surface area (TPSA) is 94.2 Å². The van der Waals surface area contributed by atoms with Crippen LogP contribution in [0.3, 0.4) is 0 Å². The van der Waals surface area contributed by atoms with E-state index >= 15 is 0 Å². The van der Waals surface area contributed by atoms with Crippen molar-refractivity contribution in [3.63, 3.8) is 0 Å². The molecule has 2 aromatic rings. The average Bonchev–Trinajstić information content (AvgIpc) is 2.83. The minimum Gasteiger partial charge on any atom is -0.496 e. The number of piperidine rings is 1. The Labute approximate surface area is 188 Å². The predicted molar refractivity (Wildman–Crippen MR) is 120 cm³/mol. The van der Waals surface area contributed by atoms with Crippen LogP contribution >= 0.6 is 0 Å². The summed E-state index contributed by atoms with van der Waals surface area (Å²) in [6, 6.07) is 10.1. The molecule has 0 atom stereocenters. The van der Waals surface area contributed by atoms with Crippen LogP contribution in [-0.2, 0) is 21.2 Å². The van der Waals surface area contributed by atoms with Gasteiger partial charge in [-0.15, -0.1) is 0 Å². The molecule has 2 aromatic carbocycles. The van der Waals surface area contributed by atoms with E-state index in [0.717, 1.165) is 19.3 Å². The number of nitrogens with zero attached hydrogens (tertiary/aromatic N) is 1. The Bertz CT molecular complexity index is 1080. The molecule has 8 nitrogen and oxygen atoms in total. The molecule has 9 heteroatoms. The van der Waals surface area contributed by atoms with Gasteiger partial charge in [0.15, 0.2) is 11.5 Å². The molecule has 0 spiro atoms. The van der Waals surface area contributed by atoms with Crippen molar-refractivity contribution >= 4 is 21.6 Å². The summed E-state index contributed by atoms with van der Waals surface area (Å²) in [7, 11) is -2.02. The fraction of sp³-hybridized carbons (Fsp3) is 0.435. The summed E-state index contributed by atoms with van der Waals surface area (Å²) in [6.45, 7) is 2.07. The molecule has 4 rings (SSSR count). The van der Waals surface area contributed by atoms with Crippen molar-refractivity contribution in [3.05, 3.63) is 42.0 Å². The standard InChI is InChI=1S/C23H28N2O6S/c1-29-20-9-7-19(32(27,28)25-11-3-2-4-12-25)15-17(20)5-10-23(26)24-18-6-8-21-22(16-18)31-14-13-30-21/h6-9,15-16H,2-5,10-14H2,1H3,(H,24,26). The zero-order chi connectivity index (χ0) is 22.6. The molecular weight excluding hydrogens is 432 g/mol. The minimum absolute atomic E-state index is 0.179. The van der Waals surface area contributed by atoms with E-state index in [1.807, 2.05) is 0 Å². The number of carbonyl (C=O) groups excluding carboxylic acids is 1. The highest BCUT2D eigenvalue weighted by Crippen LogP contribution is 2.33. The van der Waals surface area contributed by atoms with Crippen LogP contribution < -0.4 is 19.5 Å². The number of ether oxygens (including phenoxy) is 3. The van der Waals surface area contributed by atoms with Gasteiger partial charge in [-0.05, 0) is 55.2 Å². The van der Waals surface area contributed by atoms with Crippen molar-refractivity contribution in [2.45, 2.75) is 37.0 Å². The zero-order valence-corrected chi connectivity index (χ0v) is 18.9. The number of hydrogen-bond donors (Lipinski definition) is 1. The van der Waals surface area contributed by atoms with Gasteiger partial charge < -0.3 is 19.5 Å². The van der Waals surface area contributed by atoms with Crippen LogP contribution in [0.25, 0.3) is 0 Å². The van der Waals surface area contributed by atoms with Crippen LogP contribution in [0.4, 0.5) is 5.69 Å². The molecule has 1 saturated heterocycles. The van der Waals surface area contributed by atoms with E-state index in [4.69, 9.17) is 14.2 Å². The fourth-order valence-corrected chi connectivity index (χ4v) is 5.53. The quantitative estimate of drug-likeness (QED) is 0.682. The van der Waals surface area contributed by atoms with Crippen LogP contribution in [0.5, 0.6) is 17.2 Å². The molecule has 32 heavy (non-hydrogen) atoms. The van der Waals surface area contributed by atoms with E-state index in [1.54, 1.807) is 36.4 Å². The Morgan fingerprint density at radius 3 is 2.53 bits per heavy atom. The highest BCUT2D eigenvalue weighted by molar-refractivity contribution is 7.89. The zero-order valence-electron chi connectivity index (χ0n) is 18.1. The normalized spacial score (nSPS) is 16.4. The number of rotatable bonds is 7. The first kappa shape index (κ1) is 22.4. The molecule has 0 aromatic heterocycles. The summed E-state index contributed by atoms with van der Waals surface area (Å²) < 4.78 is 44.0. The van der Waals surface area contributed by atoms with E-state index in [2.05, 4.69) is 5.32 Å². The lowest BCUT2D eigenvalue weighted by atomic mass is 10.1. The number of aryl methyl sites for hydroxylation is 1. The number of sulfonamides is 1. The number of fused-ring (bicyclic) bond motifs is 1. The molecule has 0 saturated carbocycles. The van der Waals surface area contributed by atoms with Crippen LogP contribution in [0.2, 0.25) is 0 Å². The first-order chi connectivity index (χ1) is 15.5. The van der Waals surface area contributed by atoms with Gasteiger partial charge in [0.25, 0.3) is 0 Å². The first-order valence-corrected chi connectivity index (χ1v) is 12.3. The molecule has 1 amide bonds. The van der Waals surface area contributed by atoms with Crippen LogP contribution in [0.1, 0.15) is 31.2 Å². The van der Waals surface area contributed by atoms with E-state index in [-0.39, 0.29) is 17.2 Å². The van der Waals surface area contributed by atoms with Gasteiger partial charge >= 0.3 is 0 Å². The third-order valence-corrected chi connectivity index (χ3v) is 7.55. The van der Waals surface area contributed by atoms with Crippen molar-refractivity contribution in [1.29, 1.82) is 0 Å². The minimum atomic E-state index is -3.55. The van der Waals surface area contributed by atoms with Crippen molar-refractivity contribution in [1.82, 2.24) is 4.31 Å². The van der Waals surface area contributed by atoms with E-state index in [9.17, 15) is 13.2 Å². The largest absolute Gasteiger partial charge is 0.496 e. The Morgan fingerprint density at radius 2 is 1.78 bits per heavy atom. The summed E-state index contributed by atoms with van der Waals surface area (Å²) >= 11 is 0. The van der Waals surface area contributed by atoms with Gasteiger partial charge in [0.2, 0.25) is 15.9 Å². The van der Waals surface area contributed by atoms with Gasteiger partial charge in [-0.25, -0.2) is 8.42 Å². The van der Waals surface area contributed by atoms with Crippen LogP contribution in [-0.4, -0.2) is 52.0 Å². The lowest BCUT2D eigenvalue weighted by Crippen LogP contribution is -2.35. The average molecular weight is 461 g/mol. The third-order valence-electron chi connectivity index (χ3n) is 5.65. The summed E-state index contributed by atoms with van der Waals surface area (Å²) in [5, 5.41) is 2.85. The van der Waals surface area contributed by atoms with E-state index < -0.39 is 10.0 Å². The number of carbonyl (C=O) groups is 1. The number of methoxy groups -OCH3 is 1. The molecule has 0 unspecified atom stereocenters. The lowest BCUT2D eigenvalue weighted by Gasteiger charge is -2.26. The maximum atomic E-state index is 13.0. The van der Waals surface area contributed by atoms with Crippen molar-refractivity contribution in [3.8, 4) is 17.2 Å². The van der Waals surface area contributed by atoms with Crippen molar-refractivity contribution in [2.75, 3.05) is 38.7 Å². The lowest BCUT2D eigenvalue weighted by molar-refractivity contribution is -0.116. The molecule has 0 aliphatic carbocycles. The molecule has 2 heterocycles. The summed E-state index contributed by atoms with van der Waals surface area (Å²) in [5.41, 5.74) is 1.30. The van der Waals surface area contributed by atoms with Gasteiger partial charge in [0, 0.05) is 31.3 Å². The van der Waals surface area contributed by atoms with Crippen molar-refractivity contribution in [2.24, 2.45) is 0 Å². The molecule has 0 radical (unpaired) electrons. The highest BCUT2D eigenvalue weighted by Gasteiger charge is 2.26. The molecule has 1 fully saturated rings. The van der Waals surface area contributed by atoms with Crippen LogP contribution in [0.15, 0.2) is 41.3 Å². The molecule has 2 aliphatic heterocycles. The van der Waals surface area contributed by atoms with E-state index in [0.29, 0.717) is 61.2 Å². The maximum absolute atomic E-state index is 13.0. The third kappa shape index (κ3) is 4.99. The molecule has 0 bridgehead atoms. The maximum Gasteiger partial charge on any atom is 0.243 e. The predicted octanol–water partition coefficient (Wildman–Crippen LogP) is 3.21. The van der Waals surface area contributed by atoms with Crippen LogP contribution in [0, 0.1) is 0 Å². The fourth-order valence-electron chi connectivity index (χ4n) is 3.96. The van der Waals surface area contributed by atoms with Gasteiger partial charge in [-0.1, -0.05) is 6.42 Å². The Balaban J connectivity index is 1.44. The number of anilines is 1. The second-order valence-corrected chi connectivity index (χ2v) is 9.78. The number of hydrogen-bond acceptors (Lipinski definition) is 6. The Morgan fingerprint density at radius 1 is 1.03 bits per heavy atom. The first-order valence-electron chi connectivity index (χ1n) is 10.8. The smallest absolute Gasteiger partial charge is 0.243 e. The molecular formula is C23H28N2O6S. The second kappa shape index (κ2) is 9.79. The van der Waals surface area contributed by atoms with E-state index in [1.165, 1.54) is 11.4 Å².